The highest BCUT2D eigenvalue weighted by Crippen LogP contribution is 2.33. The topological polar surface area (TPSA) is 128 Å². The molecular formula is C21H14ClN7O3S. The number of para-hydroxylation sites is 1. The normalized spacial score (nSPS) is 11.5. The predicted octanol–water partition coefficient (Wildman–Crippen LogP) is 4.00. The lowest BCUT2D eigenvalue weighted by atomic mass is 10.3. The first-order valence-corrected chi connectivity index (χ1v) is 10.9. The van der Waals surface area contributed by atoms with Gasteiger partial charge in [0.2, 0.25) is 10.8 Å². The Kier molecular flexibility index (Phi) is 5.32. The molecule has 1 N–H and O–H groups in total. The van der Waals surface area contributed by atoms with Crippen molar-refractivity contribution in [2.45, 2.75) is 6.92 Å². The van der Waals surface area contributed by atoms with Crippen molar-refractivity contribution in [2.24, 2.45) is 10.2 Å². The van der Waals surface area contributed by atoms with E-state index >= 15 is 0 Å². The van der Waals surface area contributed by atoms with Crippen LogP contribution in [0.25, 0.3) is 22.2 Å². The molecule has 0 saturated heterocycles. The third-order valence-electron chi connectivity index (χ3n) is 4.66. The van der Waals surface area contributed by atoms with Gasteiger partial charge in [-0.15, -0.1) is 16.5 Å². The Balaban J connectivity index is 1.50. The molecule has 0 unspecified atom stereocenters. The van der Waals surface area contributed by atoms with Crippen molar-refractivity contribution in [3.8, 4) is 28.1 Å². The molecule has 0 aliphatic heterocycles. The van der Waals surface area contributed by atoms with Crippen LogP contribution in [0.4, 0.5) is 11.4 Å². The van der Waals surface area contributed by atoms with Crippen molar-refractivity contribution in [3.63, 3.8) is 0 Å². The molecule has 0 bridgehead atoms. The number of benzene rings is 2. The van der Waals surface area contributed by atoms with Gasteiger partial charge in [-0.25, -0.2) is 14.5 Å². The molecule has 0 aliphatic carbocycles. The van der Waals surface area contributed by atoms with Crippen molar-refractivity contribution in [1.29, 1.82) is 0 Å². The highest BCUT2D eigenvalue weighted by molar-refractivity contribution is 7.12. The molecule has 0 aliphatic rings. The first kappa shape index (κ1) is 20.8. The molecule has 12 heteroatoms. The van der Waals surface area contributed by atoms with Crippen LogP contribution in [0.1, 0.15) is 5.69 Å². The predicted molar refractivity (Wildman–Crippen MR) is 119 cm³/mol. The Hall–Kier alpha value is -4.09. The quantitative estimate of drug-likeness (QED) is 0.301. The van der Waals surface area contributed by atoms with Crippen LogP contribution in [0.5, 0.6) is 5.88 Å². The summed E-state index contributed by atoms with van der Waals surface area (Å²) in [6.45, 7) is 1.66. The van der Waals surface area contributed by atoms with E-state index in [1.165, 1.54) is 4.68 Å². The van der Waals surface area contributed by atoms with E-state index in [4.69, 9.17) is 16.1 Å². The Morgan fingerprint density at radius 3 is 2.67 bits per heavy atom. The fourth-order valence-corrected chi connectivity index (χ4v) is 3.96. The minimum atomic E-state index is -0.591. The number of aryl methyl sites for hydroxylation is 1. The van der Waals surface area contributed by atoms with E-state index in [1.807, 2.05) is 30.3 Å². The average Bonchev–Trinajstić information content (AvgIpc) is 3.52. The lowest BCUT2D eigenvalue weighted by molar-refractivity contribution is -0.660. The summed E-state index contributed by atoms with van der Waals surface area (Å²) in [5.41, 5.74) is 1.68. The van der Waals surface area contributed by atoms with E-state index in [9.17, 15) is 9.90 Å². The zero-order valence-electron chi connectivity index (χ0n) is 17.0. The van der Waals surface area contributed by atoms with Gasteiger partial charge in [-0.3, -0.25) is 4.52 Å². The maximum atomic E-state index is 12.9. The maximum absolute atomic E-state index is 12.9. The van der Waals surface area contributed by atoms with Crippen LogP contribution in [-0.4, -0.2) is 20.0 Å². The van der Waals surface area contributed by atoms with E-state index < -0.39 is 11.5 Å². The summed E-state index contributed by atoms with van der Waals surface area (Å²) in [6.07, 6.45) is 0. The third-order valence-corrected chi connectivity index (χ3v) is 5.72. The van der Waals surface area contributed by atoms with Gasteiger partial charge >= 0.3 is 11.3 Å². The number of nitrogens with zero attached hydrogens (tertiary/aromatic N) is 6. The number of hydrogen-bond acceptors (Lipinski definition) is 8. The lowest BCUT2D eigenvalue weighted by Gasteiger charge is -2.07. The molecule has 0 atom stereocenters. The van der Waals surface area contributed by atoms with Gasteiger partial charge in [-0.05, 0) is 41.1 Å². The van der Waals surface area contributed by atoms with Gasteiger partial charge in [0.15, 0.2) is 5.69 Å². The minimum absolute atomic E-state index is 0.0993. The zero-order chi connectivity index (χ0) is 22.9. The Morgan fingerprint density at radius 1 is 1.15 bits per heavy atom. The van der Waals surface area contributed by atoms with Crippen LogP contribution in [0.15, 0.2) is 79.5 Å². The largest absolute Gasteiger partial charge is 0.857 e. The molecule has 164 valence electrons. The monoisotopic (exact) mass is 479 g/mol. The fourth-order valence-electron chi connectivity index (χ4n) is 3.08. The number of hydrogen-bond donors (Lipinski definition) is 1. The molecule has 0 spiro atoms. The summed E-state index contributed by atoms with van der Waals surface area (Å²) in [5.74, 6) is -0.469. The van der Waals surface area contributed by atoms with E-state index in [-0.39, 0.29) is 16.5 Å². The number of thiazole rings is 1. The second-order valence-corrected chi connectivity index (χ2v) is 8.12. The number of halogens is 1. The Bertz CT molecular complexity index is 1520. The summed E-state index contributed by atoms with van der Waals surface area (Å²) in [6, 6.07) is 15.9. The van der Waals surface area contributed by atoms with Gasteiger partial charge in [0.25, 0.3) is 0 Å². The van der Waals surface area contributed by atoms with Crippen LogP contribution >= 0.6 is 22.9 Å². The zero-order valence-corrected chi connectivity index (χ0v) is 18.5. The highest BCUT2D eigenvalue weighted by atomic mass is 35.5. The maximum Gasteiger partial charge on any atom is 0.437 e. The van der Waals surface area contributed by atoms with Gasteiger partial charge in [-0.2, -0.15) is 10.2 Å². The summed E-state index contributed by atoms with van der Waals surface area (Å²) in [7, 11) is 0. The van der Waals surface area contributed by atoms with Crippen LogP contribution in [0, 0.1) is 6.92 Å². The van der Waals surface area contributed by atoms with Crippen molar-refractivity contribution < 1.29 is 14.3 Å². The molecule has 5 rings (SSSR count). The van der Waals surface area contributed by atoms with E-state index in [2.05, 4.69) is 25.6 Å². The number of azo groups is 1. The Morgan fingerprint density at radius 2 is 1.91 bits per heavy atom. The molecule has 0 fully saturated rings. The Labute approximate surface area is 195 Å². The first-order valence-electron chi connectivity index (χ1n) is 9.60. The fraction of sp³-hybridized carbons (Fsp3) is 0.0476. The molecule has 0 saturated carbocycles. The van der Waals surface area contributed by atoms with Crippen molar-refractivity contribution in [3.05, 3.63) is 81.1 Å². The van der Waals surface area contributed by atoms with E-state index in [0.717, 1.165) is 16.0 Å². The SMILES string of the molecule is Cc1nn(-c2nc(-c3c(=O)o[nH][n+]3-c3ccccc3)cs2)c([O-])c1N=Nc1ccc(Cl)cc1. The summed E-state index contributed by atoms with van der Waals surface area (Å²) in [4.78, 5) is 16.8. The van der Waals surface area contributed by atoms with E-state index in [0.29, 0.717) is 27.8 Å². The van der Waals surface area contributed by atoms with Gasteiger partial charge in [0, 0.05) is 28.4 Å². The number of nitrogens with one attached hydrogen (secondary N) is 1. The number of aromatic nitrogens is 5. The molecule has 0 amide bonds. The van der Waals surface area contributed by atoms with Gasteiger partial charge in [-0.1, -0.05) is 29.8 Å². The summed E-state index contributed by atoms with van der Waals surface area (Å²) in [5, 5.41) is 30.4. The highest BCUT2D eigenvalue weighted by Gasteiger charge is 2.28. The molecular weight excluding hydrogens is 466 g/mol. The lowest BCUT2D eigenvalue weighted by Crippen LogP contribution is -2.36. The number of H-pyrrole nitrogens is 1. The average molecular weight is 480 g/mol. The van der Waals surface area contributed by atoms with Gasteiger partial charge in [0.1, 0.15) is 5.69 Å². The second kappa shape index (κ2) is 8.45. The third kappa shape index (κ3) is 3.95. The molecule has 3 aromatic heterocycles. The molecule has 0 radical (unpaired) electrons. The molecule has 10 nitrogen and oxygen atoms in total. The molecule has 3 heterocycles. The van der Waals surface area contributed by atoms with Crippen molar-refractivity contribution >= 4 is 34.3 Å². The smallest absolute Gasteiger partial charge is 0.437 e. The number of rotatable bonds is 5. The first-order chi connectivity index (χ1) is 16.0. The van der Waals surface area contributed by atoms with Crippen molar-refractivity contribution in [2.75, 3.05) is 0 Å². The van der Waals surface area contributed by atoms with Crippen LogP contribution < -0.4 is 15.4 Å². The van der Waals surface area contributed by atoms with Crippen LogP contribution in [0.2, 0.25) is 5.02 Å². The second-order valence-electron chi connectivity index (χ2n) is 6.84. The molecule has 2 aromatic carbocycles. The standard InChI is InChI=1S/C21H14ClN7O3S/c1-12-17(25-24-14-9-7-13(22)8-10-14)19(30)29(26-12)21-23-16(11-33-21)18-20(31)32-27-28(18)15-5-3-2-4-6-15/h2-11H,1H3,(H-,24,26,27,30,31). The van der Waals surface area contributed by atoms with Gasteiger partial charge in [0.05, 0.1) is 11.4 Å². The minimum Gasteiger partial charge on any atom is -0.857 e. The molecule has 5 aromatic rings. The van der Waals surface area contributed by atoms with Crippen LogP contribution in [0.3, 0.4) is 0 Å². The summed E-state index contributed by atoms with van der Waals surface area (Å²) < 4.78 is 7.60. The summed E-state index contributed by atoms with van der Waals surface area (Å²) >= 11 is 7.03. The van der Waals surface area contributed by atoms with Crippen LogP contribution in [-0.2, 0) is 0 Å². The van der Waals surface area contributed by atoms with E-state index in [1.54, 1.807) is 36.6 Å². The molecule has 33 heavy (non-hydrogen) atoms. The van der Waals surface area contributed by atoms with Gasteiger partial charge < -0.3 is 5.11 Å². The van der Waals surface area contributed by atoms with Crippen molar-refractivity contribution in [1.82, 2.24) is 20.0 Å². The number of aromatic amines is 1.